The molecule has 1 atom stereocenters. The van der Waals surface area contributed by atoms with Crippen molar-refractivity contribution in [2.45, 2.75) is 37.8 Å². The van der Waals surface area contributed by atoms with E-state index >= 15 is 0 Å². The quantitative estimate of drug-likeness (QED) is 0.742. The summed E-state index contributed by atoms with van der Waals surface area (Å²) in [5, 5.41) is 6.06. The first-order chi connectivity index (χ1) is 7.86. The monoisotopic (exact) mass is 280 g/mol. The Morgan fingerprint density at radius 1 is 1.41 bits per heavy atom. The van der Waals surface area contributed by atoms with E-state index in [-0.39, 0.29) is 24.4 Å². The highest BCUT2D eigenvalue weighted by molar-refractivity contribution is 7.99. The van der Waals surface area contributed by atoms with E-state index in [0.29, 0.717) is 19.3 Å². The van der Waals surface area contributed by atoms with E-state index in [1.807, 2.05) is 0 Å². The summed E-state index contributed by atoms with van der Waals surface area (Å²) < 4.78 is 5.68. The molecule has 0 spiro atoms. The van der Waals surface area contributed by atoms with Gasteiger partial charge in [-0.25, -0.2) is 0 Å². The number of carbonyl (C=O) groups is 1. The lowest BCUT2D eigenvalue weighted by Gasteiger charge is -2.13. The first-order valence-corrected chi connectivity index (χ1v) is 7.22. The summed E-state index contributed by atoms with van der Waals surface area (Å²) in [5.41, 5.74) is 0. The van der Waals surface area contributed by atoms with Crippen LogP contribution in [0.25, 0.3) is 0 Å². The Hall–Kier alpha value is 0.0300. The van der Waals surface area contributed by atoms with Crippen LogP contribution in [0.15, 0.2) is 0 Å². The lowest BCUT2D eigenvalue weighted by Crippen LogP contribution is -2.43. The summed E-state index contributed by atoms with van der Waals surface area (Å²) in [6.07, 6.45) is 5.40. The van der Waals surface area contributed by atoms with Gasteiger partial charge in [0.2, 0.25) is 5.91 Å². The van der Waals surface area contributed by atoms with Gasteiger partial charge in [-0.15, -0.1) is 24.2 Å². The van der Waals surface area contributed by atoms with Crippen molar-refractivity contribution in [1.29, 1.82) is 0 Å². The summed E-state index contributed by atoms with van der Waals surface area (Å²) in [6, 6.07) is -0.00326. The topological polar surface area (TPSA) is 50.4 Å². The molecule has 1 aliphatic carbocycles. The van der Waals surface area contributed by atoms with Gasteiger partial charge in [-0.1, -0.05) is 12.8 Å². The molecule has 0 aromatic rings. The minimum absolute atomic E-state index is 0. The predicted octanol–water partition coefficient (Wildman–Crippen LogP) is 1.15. The van der Waals surface area contributed by atoms with Crippen molar-refractivity contribution in [2.75, 3.05) is 24.8 Å². The average Bonchev–Trinajstić information content (AvgIpc) is 2.96. The van der Waals surface area contributed by atoms with Gasteiger partial charge in [0.05, 0.1) is 18.8 Å². The van der Waals surface area contributed by atoms with Crippen molar-refractivity contribution in [3.8, 4) is 0 Å². The van der Waals surface area contributed by atoms with E-state index in [4.69, 9.17) is 4.74 Å². The van der Waals surface area contributed by atoms with Crippen molar-refractivity contribution >= 4 is 30.1 Å². The number of ether oxygens (including phenoxy) is 1. The zero-order valence-corrected chi connectivity index (χ0v) is 11.6. The summed E-state index contributed by atoms with van der Waals surface area (Å²) >= 11 is 1.77. The lowest BCUT2D eigenvalue weighted by molar-refractivity contribution is -0.122. The highest BCUT2D eigenvalue weighted by Gasteiger charge is 2.22. The number of nitrogens with one attached hydrogen (secondary N) is 2. The molecule has 17 heavy (non-hydrogen) atoms. The molecule has 0 aromatic carbocycles. The maximum Gasteiger partial charge on any atom is 0.238 e. The van der Waals surface area contributed by atoms with Crippen LogP contribution in [0.1, 0.15) is 25.7 Å². The second-order valence-corrected chi connectivity index (χ2v) is 5.37. The van der Waals surface area contributed by atoms with Crippen molar-refractivity contribution < 1.29 is 9.53 Å². The standard InChI is InChI=1S/C11H20N2O2S.ClH/c14-11(10-7-16-8-13-10)12-5-6-15-9-3-1-2-4-9;/h9-10,13H,1-8H2,(H,12,14);1H. The molecule has 0 radical (unpaired) electrons. The Morgan fingerprint density at radius 2 is 2.18 bits per heavy atom. The largest absolute Gasteiger partial charge is 0.376 e. The smallest absolute Gasteiger partial charge is 0.238 e. The molecule has 100 valence electrons. The van der Waals surface area contributed by atoms with Crippen molar-refractivity contribution in [1.82, 2.24) is 10.6 Å². The minimum atomic E-state index is -0.00326. The number of thioether (sulfide) groups is 1. The average molecular weight is 281 g/mol. The van der Waals surface area contributed by atoms with Crippen molar-refractivity contribution in [3.05, 3.63) is 0 Å². The van der Waals surface area contributed by atoms with Gasteiger partial charge in [-0.2, -0.15) is 0 Å². The van der Waals surface area contributed by atoms with Crippen LogP contribution in [-0.4, -0.2) is 42.8 Å². The first-order valence-electron chi connectivity index (χ1n) is 6.07. The third-order valence-electron chi connectivity index (χ3n) is 3.09. The van der Waals surface area contributed by atoms with Crippen LogP contribution in [0.4, 0.5) is 0 Å². The number of hydrogen-bond donors (Lipinski definition) is 2. The van der Waals surface area contributed by atoms with Gasteiger partial charge in [-0.05, 0) is 12.8 Å². The molecule has 4 nitrogen and oxygen atoms in total. The number of carbonyl (C=O) groups excluding carboxylic acids is 1. The molecule has 1 saturated carbocycles. The van der Waals surface area contributed by atoms with E-state index < -0.39 is 0 Å². The molecule has 1 amide bonds. The van der Waals surface area contributed by atoms with Gasteiger partial charge in [-0.3, -0.25) is 10.1 Å². The number of rotatable bonds is 5. The van der Waals surface area contributed by atoms with Crippen LogP contribution in [0.5, 0.6) is 0 Å². The molecule has 1 heterocycles. The minimum Gasteiger partial charge on any atom is -0.376 e. The third kappa shape index (κ3) is 5.04. The predicted molar refractivity (Wildman–Crippen MR) is 72.7 cm³/mol. The zero-order valence-electron chi connectivity index (χ0n) is 9.94. The number of hydrogen-bond acceptors (Lipinski definition) is 4. The Labute approximate surface area is 113 Å². The molecule has 2 rings (SSSR count). The van der Waals surface area contributed by atoms with E-state index in [0.717, 1.165) is 11.6 Å². The first kappa shape index (κ1) is 15.1. The fraction of sp³-hybridized carbons (Fsp3) is 0.909. The zero-order chi connectivity index (χ0) is 11.2. The van der Waals surface area contributed by atoms with Gasteiger partial charge >= 0.3 is 0 Å². The van der Waals surface area contributed by atoms with Crippen LogP contribution in [0.3, 0.4) is 0 Å². The highest BCUT2D eigenvalue weighted by atomic mass is 35.5. The molecular formula is C11H21ClN2O2S. The van der Waals surface area contributed by atoms with E-state index in [9.17, 15) is 4.79 Å². The van der Waals surface area contributed by atoms with Gasteiger partial charge in [0, 0.05) is 18.2 Å². The Bertz CT molecular complexity index is 232. The van der Waals surface area contributed by atoms with E-state index in [1.165, 1.54) is 25.7 Å². The second-order valence-electron chi connectivity index (χ2n) is 4.34. The molecule has 0 aromatic heterocycles. The molecule has 1 aliphatic heterocycles. The van der Waals surface area contributed by atoms with Crippen LogP contribution >= 0.6 is 24.2 Å². The molecule has 1 unspecified atom stereocenters. The molecule has 2 N–H and O–H groups in total. The second kappa shape index (κ2) is 8.19. The van der Waals surface area contributed by atoms with E-state index in [2.05, 4.69) is 10.6 Å². The molecule has 0 bridgehead atoms. The molecule has 1 saturated heterocycles. The number of amides is 1. The summed E-state index contributed by atoms with van der Waals surface area (Å²) in [7, 11) is 0. The van der Waals surface area contributed by atoms with Crippen molar-refractivity contribution in [3.63, 3.8) is 0 Å². The Balaban J connectivity index is 0.00000144. The van der Waals surface area contributed by atoms with Gasteiger partial charge in [0.25, 0.3) is 0 Å². The molecule has 6 heteroatoms. The summed E-state index contributed by atoms with van der Waals surface area (Å²) in [6.45, 7) is 1.29. The van der Waals surface area contributed by atoms with Crippen LogP contribution in [0, 0.1) is 0 Å². The molecule has 2 aliphatic rings. The fourth-order valence-electron chi connectivity index (χ4n) is 2.14. The Kier molecular flexibility index (Phi) is 7.27. The van der Waals surface area contributed by atoms with E-state index in [1.54, 1.807) is 11.8 Å². The third-order valence-corrected chi connectivity index (χ3v) is 4.03. The van der Waals surface area contributed by atoms with Gasteiger partial charge in [0.1, 0.15) is 0 Å². The normalized spacial score (nSPS) is 24.6. The summed E-state index contributed by atoms with van der Waals surface area (Å²) in [5.74, 6) is 1.88. The fourth-order valence-corrected chi connectivity index (χ4v) is 3.08. The van der Waals surface area contributed by atoms with Crippen LogP contribution in [-0.2, 0) is 9.53 Å². The van der Waals surface area contributed by atoms with Gasteiger partial charge in [0.15, 0.2) is 0 Å². The highest BCUT2D eigenvalue weighted by Crippen LogP contribution is 2.20. The van der Waals surface area contributed by atoms with Crippen LogP contribution < -0.4 is 10.6 Å². The molecule has 2 fully saturated rings. The van der Waals surface area contributed by atoms with Crippen molar-refractivity contribution in [2.24, 2.45) is 0 Å². The Morgan fingerprint density at radius 3 is 2.82 bits per heavy atom. The SMILES string of the molecule is Cl.O=C(NCCOC1CCCC1)C1CSCN1. The maximum atomic E-state index is 11.6. The van der Waals surface area contributed by atoms with Gasteiger partial charge < -0.3 is 10.1 Å². The molecular weight excluding hydrogens is 260 g/mol. The lowest BCUT2D eigenvalue weighted by atomic mass is 10.3. The summed E-state index contributed by atoms with van der Waals surface area (Å²) in [4.78, 5) is 11.6. The maximum absolute atomic E-state index is 11.6. The van der Waals surface area contributed by atoms with Crippen LogP contribution in [0.2, 0.25) is 0 Å². The number of halogens is 1.